The van der Waals surface area contributed by atoms with E-state index >= 15 is 0 Å². The number of hydrogen-bond acceptors (Lipinski definition) is 2. The first-order valence-corrected chi connectivity index (χ1v) is 8.12. The summed E-state index contributed by atoms with van der Waals surface area (Å²) in [4.78, 5) is 11.5. The third kappa shape index (κ3) is 3.56. The Morgan fingerprint density at radius 2 is 2.19 bits per heavy atom. The SMILES string of the molecule is CC(=O)NCCc1cccc2ccc(OC3CC3Br)cc12. The first kappa shape index (κ1) is 14.4. The summed E-state index contributed by atoms with van der Waals surface area (Å²) in [6.45, 7) is 2.20. The molecule has 0 heterocycles. The zero-order valence-corrected chi connectivity index (χ0v) is 13.5. The van der Waals surface area contributed by atoms with Crippen LogP contribution in [0, 0.1) is 0 Å². The molecule has 1 fully saturated rings. The van der Waals surface area contributed by atoms with E-state index in [0.29, 0.717) is 17.5 Å². The maximum atomic E-state index is 11.0. The molecule has 0 aromatic heterocycles. The lowest BCUT2D eigenvalue weighted by Crippen LogP contribution is -2.22. The zero-order chi connectivity index (χ0) is 14.8. The van der Waals surface area contributed by atoms with Crippen LogP contribution in [-0.4, -0.2) is 23.4 Å². The lowest BCUT2D eigenvalue weighted by molar-refractivity contribution is -0.118. The van der Waals surface area contributed by atoms with Gasteiger partial charge in [0.2, 0.25) is 5.91 Å². The highest BCUT2D eigenvalue weighted by Gasteiger charge is 2.37. The van der Waals surface area contributed by atoms with Gasteiger partial charge in [-0.15, -0.1) is 0 Å². The monoisotopic (exact) mass is 347 g/mol. The number of hydrogen-bond donors (Lipinski definition) is 1. The molecular weight excluding hydrogens is 330 g/mol. The standard InChI is InChI=1S/C17H18BrNO2/c1-11(20)19-8-7-13-4-2-3-12-5-6-14(9-15(12)13)21-17-10-16(17)18/h2-6,9,16-17H,7-8,10H2,1H3,(H,19,20). The van der Waals surface area contributed by atoms with Crippen molar-refractivity contribution < 1.29 is 9.53 Å². The molecule has 0 saturated heterocycles. The molecule has 2 aromatic rings. The molecule has 0 aliphatic heterocycles. The highest BCUT2D eigenvalue weighted by Crippen LogP contribution is 2.35. The van der Waals surface area contributed by atoms with Crippen molar-refractivity contribution in [2.75, 3.05) is 6.54 Å². The summed E-state index contributed by atoms with van der Waals surface area (Å²) in [6, 6.07) is 12.5. The molecule has 2 aromatic carbocycles. The van der Waals surface area contributed by atoms with Crippen LogP contribution in [0.5, 0.6) is 5.75 Å². The topological polar surface area (TPSA) is 38.3 Å². The second-order valence-corrected chi connectivity index (χ2v) is 6.62. The number of carbonyl (C=O) groups excluding carboxylic acids is 1. The number of halogens is 1. The second-order valence-electron chi connectivity index (χ2n) is 5.44. The van der Waals surface area contributed by atoms with Crippen molar-refractivity contribution in [1.29, 1.82) is 0 Å². The molecule has 21 heavy (non-hydrogen) atoms. The van der Waals surface area contributed by atoms with E-state index in [0.717, 1.165) is 18.6 Å². The van der Waals surface area contributed by atoms with Gasteiger partial charge in [0, 0.05) is 19.9 Å². The summed E-state index contributed by atoms with van der Waals surface area (Å²) < 4.78 is 5.93. The minimum absolute atomic E-state index is 0.0105. The van der Waals surface area contributed by atoms with Crippen LogP contribution in [-0.2, 0) is 11.2 Å². The molecule has 0 bridgehead atoms. The minimum atomic E-state index is 0.0105. The first-order valence-electron chi connectivity index (χ1n) is 7.20. The van der Waals surface area contributed by atoms with E-state index in [9.17, 15) is 4.79 Å². The highest BCUT2D eigenvalue weighted by molar-refractivity contribution is 9.09. The lowest BCUT2D eigenvalue weighted by Gasteiger charge is -2.10. The number of ether oxygens (including phenoxy) is 1. The van der Waals surface area contributed by atoms with Gasteiger partial charge in [0.15, 0.2) is 0 Å². The van der Waals surface area contributed by atoms with Crippen molar-refractivity contribution in [2.45, 2.75) is 30.7 Å². The van der Waals surface area contributed by atoms with Crippen LogP contribution in [0.4, 0.5) is 0 Å². The van der Waals surface area contributed by atoms with Gasteiger partial charge in [0.1, 0.15) is 11.9 Å². The maximum Gasteiger partial charge on any atom is 0.216 e. The molecule has 3 nitrogen and oxygen atoms in total. The van der Waals surface area contributed by atoms with E-state index in [2.05, 4.69) is 51.6 Å². The number of benzene rings is 2. The maximum absolute atomic E-state index is 11.0. The fourth-order valence-electron chi connectivity index (χ4n) is 2.42. The fourth-order valence-corrected chi connectivity index (χ4v) is 2.90. The summed E-state index contributed by atoms with van der Waals surface area (Å²) in [7, 11) is 0. The average molecular weight is 348 g/mol. The third-order valence-corrected chi connectivity index (χ3v) is 4.62. The van der Waals surface area contributed by atoms with Crippen LogP contribution in [0.1, 0.15) is 18.9 Å². The van der Waals surface area contributed by atoms with E-state index in [4.69, 9.17) is 4.74 Å². The van der Waals surface area contributed by atoms with Crippen molar-refractivity contribution >= 4 is 32.6 Å². The Balaban J connectivity index is 1.81. The Bertz CT molecular complexity index is 671. The third-order valence-electron chi connectivity index (χ3n) is 3.66. The van der Waals surface area contributed by atoms with Gasteiger partial charge < -0.3 is 10.1 Å². The zero-order valence-electron chi connectivity index (χ0n) is 11.9. The van der Waals surface area contributed by atoms with E-state index in [1.165, 1.54) is 16.3 Å². The largest absolute Gasteiger partial charge is 0.489 e. The van der Waals surface area contributed by atoms with Gasteiger partial charge in [-0.2, -0.15) is 0 Å². The van der Waals surface area contributed by atoms with Crippen LogP contribution in [0.3, 0.4) is 0 Å². The van der Waals surface area contributed by atoms with Gasteiger partial charge in [0.25, 0.3) is 0 Å². The Labute approximate surface area is 132 Å². The molecule has 1 amide bonds. The molecule has 0 spiro atoms. The fraction of sp³-hybridized carbons (Fsp3) is 0.353. The predicted molar refractivity (Wildman–Crippen MR) is 88.1 cm³/mol. The first-order chi connectivity index (χ1) is 10.1. The minimum Gasteiger partial charge on any atom is -0.489 e. The molecule has 4 heteroatoms. The Hall–Kier alpha value is -1.55. The van der Waals surface area contributed by atoms with Crippen molar-refractivity contribution in [3.63, 3.8) is 0 Å². The molecule has 0 radical (unpaired) electrons. The molecule has 1 N–H and O–H groups in total. The van der Waals surface area contributed by atoms with Gasteiger partial charge in [-0.05, 0) is 34.9 Å². The number of nitrogens with one attached hydrogen (secondary N) is 1. The van der Waals surface area contributed by atoms with Crippen LogP contribution in [0.25, 0.3) is 10.8 Å². The molecule has 2 atom stereocenters. The summed E-state index contributed by atoms with van der Waals surface area (Å²) in [6.07, 6.45) is 2.20. The van der Waals surface area contributed by atoms with Gasteiger partial charge >= 0.3 is 0 Å². The van der Waals surface area contributed by atoms with Gasteiger partial charge in [-0.25, -0.2) is 0 Å². The molecule has 2 unspecified atom stereocenters. The van der Waals surface area contributed by atoms with Crippen molar-refractivity contribution in [2.24, 2.45) is 0 Å². The van der Waals surface area contributed by atoms with E-state index in [-0.39, 0.29) is 5.91 Å². The molecule has 1 aliphatic rings. The number of alkyl halides is 1. The van der Waals surface area contributed by atoms with Gasteiger partial charge in [-0.1, -0.05) is 40.2 Å². The lowest BCUT2D eigenvalue weighted by atomic mass is 10.0. The van der Waals surface area contributed by atoms with E-state index < -0.39 is 0 Å². The molecule has 3 rings (SSSR count). The highest BCUT2D eigenvalue weighted by atomic mass is 79.9. The van der Waals surface area contributed by atoms with Crippen molar-refractivity contribution in [1.82, 2.24) is 5.32 Å². The Kier molecular flexibility index (Phi) is 4.15. The van der Waals surface area contributed by atoms with Crippen molar-refractivity contribution in [3.05, 3.63) is 42.0 Å². The predicted octanol–water partition coefficient (Wildman–Crippen LogP) is 3.43. The molecule has 1 aliphatic carbocycles. The van der Waals surface area contributed by atoms with Crippen LogP contribution in [0.15, 0.2) is 36.4 Å². The Morgan fingerprint density at radius 1 is 1.38 bits per heavy atom. The summed E-state index contributed by atoms with van der Waals surface area (Å²) >= 11 is 3.55. The molecular formula is C17H18BrNO2. The molecule has 1 saturated carbocycles. The number of amides is 1. The Morgan fingerprint density at radius 3 is 2.90 bits per heavy atom. The van der Waals surface area contributed by atoms with Crippen LogP contribution < -0.4 is 10.1 Å². The smallest absolute Gasteiger partial charge is 0.216 e. The van der Waals surface area contributed by atoms with E-state index in [1.807, 2.05) is 6.07 Å². The summed E-state index contributed by atoms with van der Waals surface area (Å²) in [5.41, 5.74) is 1.23. The van der Waals surface area contributed by atoms with E-state index in [1.54, 1.807) is 6.92 Å². The second kappa shape index (κ2) is 6.06. The molecule has 110 valence electrons. The summed E-state index contributed by atoms with van der Waals surface area (Å²) in [5.74, 6) is 0.929. The number of carbonyl (C=O) groups is 1. The van der Waals surface area contributed by atoms with Gasteiger partial charge in [0.05, 0.1) is 4.83 Å². The average Bonchev–Trinajstić information content (AvgIpc) is 3.14. The van der Waals surface area contributed by atoms with Gasteiger partial charge in [-0.3, -0.25) is 4.79 Å². The normalized spacial score (nSPS) is 20.3. The van der Waals surface area contributed by atoms with Crippen molar-refractivity contribution in [3.8, 4) is 5.75 Å². The number of fused-ring (bicyclic) bond motifs is 1. The number of rotatable bonds is 5. The quantitative estimate of drug-likeness (QED) is 0.841. The van der Waals surface area contributed by atoms with Crippen LogP contribution in [0.2, 0.25) is 0 Å². The summed E-state index contributed by atoms with van der Waals surface area (Å²) in [5, 5.41) is 5.25. The van der Waals surface area contributed by atoms with Crippen LogP contribution >= 0.6 is 15.9 Å².